The molecule has 2 aliphatic heterocycles. The molecule has 1 amide bonds. The van der Waals surface area contributed by atoms with Crippen LogP contribution in [0.1, 0.15) is 53.9 Å². The van der Waals surface area contributed by atoms with Gasteiger partial charge in [-0.05, 0) is 44.9 Å². The van der Waals surface area contributed by atoms with Crippen LogP contribution >= 0.6 is 0 Å². The fourth-order valence-corrected chi connectivity index (χ4v) is 6.13. The highest BCUT2D eigenvalue weighted by molar-refractivity contribution is 6.12. The standard InChI is InChI=1S/C24H35NO5/c1-11(2)8-16-18-14(5)13(4)10-15-9-12(3)6-7-17(26)19(27)20-21(30-20)22(28)24(15,18)23(29)25-16/h9-11,14-21,26-27H,6-8H2,1-5H3,(H,25,29)/b12-9+/t14-,15+,16+,17-,18+,19-,20+,21+,24+/m1/s1. The molecule has 0 radical (unpaired) electrons. The number of epoxide rings is 1. The third kappa shape index (κ3) is 3.19. The fourth-order valence-electron chi connectivity index (χ4n) is 6.13. The SMILES string of the molecule is CC1=C[C@@H]2/C=C(\C)CC[C@@H](O)[C@@H](O)[C@@H]3O[C@@H]3C(=O)[C@]23C(=O)N[C@@H](CC(C)C)[C@@H]3[C@@H]1C. The summed E-state index contributed by atoms with van der Waals surface area (Å²) in [5.41, 5.74) is 0.993. The smallest absolute Gasteiger partial charge is 0.235 e. The number of ketones is 1. The van der Waals surface area contributed by atoms with E-state index < -0.39 is 29.8 Å². The number of rotatable bonds is 2. The minimum absolute atomic E-state index is 0.0749. The molecule has 6 nitrogen and oxygen atoms in total. The Labute approximate surface area is 178 Å². The first kappa shape index (κ1) is 21.7. The van der Waals surface area contributed by atoms with Crippen molar-refractivity contribution in [2.75, 3.05) is 0 Å². The Hall–Kier alpha value is -1.50. The van der Waals surface area contributed by atoms with Crippen LogP contribution in [0.5, 0.6) is 0 Å². The first-order chi connectivity index (χ1) is 14.1. The third-order valence-electron chi connectivity index (χ3n) is 7.82. The predicted octanol–water partition coefficient (Wildman–Crippen LogP) is 2.14. The van der Waals surface area contributed by atoms with Crippen molar-refractivity contribution >= 4 is 11.7 Å². The van der Waals surface area contributed by atoms with E-state index in [2.05, 4.69) is 39.1 Å². The summed E-state index contributed by atoms with van der Waals surface area (Å²) in [7, 11) is 0. The molecule has 3 N–H and O–H groups in total. The Morgan fingerprint density at radius 1 is 1.23 bits per heavy atom. The van der Waals surface area contributed by atoms with Gasteiger partial charge >= 0.3 is 0 Å². The molecule has 2 heterocycles. The number of allylic oxidation sites excluding steroid dienone is 4. The molecule has 1 spiro atoms. The average molecular weight is 418 g/mol. The second-order valence-electron chi connectivity index (χ2n) is 10.3. The van der Waals surface area contributed by atoms with Crippen LogP contribution in [0.2, 0.25) is 0 Å². The summed E-state index contributed by atoms with van der Waals surface area (Å²) >= 11 is 0. The summed E-state index contributed by atoms with van der Waals surface area (Å²) in [5.74, 6) is -0.485. The van der Waals surface area contributed by atoms with Gasteiger partial charge in [0.15, 0.2) is 5.78 Å². The largest absolute Gasteiger partial charge is 0.390 e. The van der Waals surface area contributed by atoms with Crippen LogP contribution in [-0.2, 0) is 14.3 Å². The van der Waals surface area contributed by atoms with E-state index in [0.717, 1.165) is 12.0 Å². The lowest BCUT2D eigenvalue weighted by atomic mass is 9.54. The molecule has 166 valence electrons. The average Bonchev–Trinajstić information content (AvgIpc) is 3.41. The molecule has 2 saturated heterocycles. The van der Waals surface area contributed by atoms with Crippen LogP contribution in [-0.4, -0.2) is 52.4 Å². The molecule has 30 heavy (non-hydrogen) atoms. The van der Waals surface area contributed by atoms with Gasteiger partial charge in [-0.15, -0.1) is 0 Å². The normalized spacial score (nSPS) is 47.9. The lowest BCUT2D eigenvalue weighted by Gasteiger charge is -2.44. The van der Waals surface area contributed by atoms with E-state index in [1.54, 1.807) is 0 Å². The lowest BCUT2D eigenvalue weighted by molar-refractivity contribution is -0.146. The number of nitrogens with one attached hydrogen (secondary N) is 1. The molecule has 0 saturated carbocycles. The zero-order valence-corrected chi connectivity index (χ0v) is 18.6. The van der Waals surface area contributed by atoms with Crippen molar-refractivity contribution in [2.45, 2.75) is 84.3 Å². The van der Waals surface area contributed by atoms with Crippen molar-refractivity contribution < 1.29 is 24.5 Å². The number of amides is 1. The molecule has 6 heteroatoms. The minimum atomic E-state index is -1.23. The summed E-state index contributed by atoms with van der Waals surface area (Å²) in [5, 5.41) is 24.0. The molecule has 0 aromatic carbocycles. The number of hydrogen-bond acceptors (Lipinski definition) is 5. The number of ether oxygens (including phenoxy) is 1. The van der Waals surface area contributed by atoms with E-state index in [1.807, 2.05) is 13.0 Å². The third-order valence-corrected chi connectivity index (χ3v) is 7.82. The molecule has 4 aliphatic rings. The van der Waals surface area contributed by atoms with Crippen LogP contribution in [0.25, 0.3) is 0 Å². The number of fused-ring (bicyclic) bond motifs is 1. The van der Waals surface area contributed by atoms with Crippen LogP contribution < -0.4 is 5.32 Å². The summed E-state index contributed by atoms with van der Waals surface area (Å²) in [6.45, 7) is 10.4. The van der Waals surface area contributed by atoms with E-state index in [0.29, 0.717) is 18.8 Å². The van der Waals surface area contributed by atoms with Gasteiger partial charge in [0.2, 0.25) is 5.91 Å². The van der Waals surface area contributed by atoms with Gasteiger partial charge in [-0.25, -0.2) is 0 Å². The van der Waals surface area contributed by atoms with Crippen LogP contribution in [0, 0.1) is 29.1 Å². The second-order valence-corrected chi connectivity index (χ2v) is 10.3. The van der Waals surface area contributed by atoms with Crippen molar-refractivity contribution in [2.24, 2.45) is 29.1 Å². The number of carbonyl (C=O) groups excluding carboxylic acids is 2. The van der Waals surface area contributed by atoms with Gasteiger partial charge in [-0.2, -0.15) is 0 Å². The Kier molecular flexibility index (Phi) is 5.48. The molecule has 2 aliphatic carbocycles. The van der Waals surface area contributed by atoms with Crippen LogP contribution in [0.3, 0.4) is 0 Å². The summed E-state index contributed by atoms with van der Waals surface area (Å²) in [6.07, 6.45) is 2.29. The van der Waals surface area contributed by atoms with E-state index in [9.17, 15) is 19.8 Å². The van der Waals surface area contributed by atoms with Crippen LogP contribution in [0.4, 0.5) is 0 Å². The zero-order chi connectivity index (χ0) is 22.0. The topological polar surface area (TPSA) is 99.2 Å². The highest BCUT2D eigenvalue weighted by atomic mass is 16.6. The number of aliphatic hydroxyl groups excluding tert-OH is 2. The number of aliphatic hydroxyl groups is 2. The van der Waals surface area contributed by atoms with E-state index in [-0.39, 0.29) is 35.5 Å². The van der Waals surface area contributed by atoms with E-state index in [1.165, 1.54) is 5.57 Å². The van der Waals surface area contributed by atoms with Gasteiger partial charge in [-0.3, -0.25) is 9.59 Å². The molecule has 9 atom stereocenters. The van der Waals surface area contributed by atoms with Crippen molar-refractivity contribution in [3.63, 3.8) is 0 Å². The van der Waals surface area contributed by atoms with Crippen molar-refractivity contribution in [3.8, 4) is 0 Å². The van der Waals surface area contributed by atoms with Gasteiger partial charge in [0.1, 0.15) is 23.7 Å². The van der Waals surface area contributed by atoms with Crippen molar-refractivity contribution in [1.29, 1.82) is 0 Å². The van der Waals surface area contributed by atoms with Crippen LogP contribution in [0.15, 0.2) is 23.3 Å². The van der Waals surface area contributed by atoms with E-state index >= 15 is 0 Å². The lowest BCUT2D eigenvalue weighted by Crippen LogP contribution is -2.54. The maximum atomic E-state index is 14.0. The maximum Gasteiger partial charge on any atom is 0.235 e. The molecule has 4 rings (SSSR count). The number of carbonyl (C=O) groups is 2. The number of Topliss-reactive ketones (excluding diaryl/α,β-unsaturated/α-hetero) is 1. The maximum absolute atomic E-state index is 14.0. The Balaban J connectivity index is 1.87. The first-order valence-electron chi connectivity index (χ1n) is 11.3. The van der Waals surface area contributed by atoms with Crippen molar-refractivity contribution in [1.82, 2.24) is 5.32 Å². The zero-order valence-electron chi connectivity index (χ0n) is 18.6. The highest BCUT2D eigenvalue weighted by Crippen LogP contribution is 2.57. The molecule has 2 fully saturated rings. The minimum Gasteiger partial charge on any atom is -0.390 e. The molecular formula is C24H35NO5. The van der Waals surface area contributed by atoms with Gasteiger partial charge in [0.25, 0.3) is 0 Å². The first-order valence-corrected chi connectivity index (χ1v) is 11.3. The summed E-state index contributed by atoms with van der Waals surface area (Å²) in [4.78, 5) is 27.6. The molecule has 0 aromatic rings. The monoisotopic (exact) mass is 417 g/mol. The molecule has 0 aromatic heterocycles. The Morgan fingerprint density at radius 3 is 2.60 bits per heavy atom. The summed E-state index contributed by atoms with van der Waals surface area (Å²) in [6, 6.07) is -0.0749. The second kappa shape index (κ2) is 7.57. The molecular weight excluding hydrogens is 382 g/mol. The van der Waals surface area contributed by atoms with Gasteiger partial charge in [0, 0.05) is 17.9 Å². The quantitative estimate of drug-likeness (QED) is 0.363. The molecule has 0 unspecified atom stereocenters. The van der Waals surface area contributed by atoms with Gasteiger partial charge < -0.3 is 20.3 Å². The van der Waals surface area contributed by atoms with Crippen molar-refractivity contribution in [3.05, 3.63) is 23.3 Å². The predicted molar refractivity (Wildman–Crippen MR) is 112 cm³/mol. The highest BCUT2D eigenvalue weighted by Gasteiger charge is 2.70. The summed E-state index contributed by atoms with van der Waals surface area (Å²) < 4.78 is 5.61. The Morgan fingerprint density at radius 2 is 1.93 bits per heavy atom. The molecule has 0 bridgehead atoms. The van der Waals surface area contributed by atoms with Gasteiger partial charge in [-0.1, -0.05) is 44.1 Å². The van der Waals surface area contributed by atoms with Gasteiger partial charge in [0.05, 0.1) is 6.10 Å². The fraction of sp³-hybridized carbons (Fsp3) is 0.750. The Bertz CT molecular complexity index is 801. The van der Waals surface area contributed by atoms with E-state index in [4.69, 9.17) is 4.74 Å². The number of hydrogen-bond donors (Lipinski definition) is 3.